The summed E-state index contributed by atoms with van der Waals surface area (Å²) in [7, 11) is 0. The Morgan fingerprint density at radius 3 is 2.18 bits per heavy atom. The van der Waals surface area contributed by atoms with E-state index in [1.807, 2.05) is 72.9 Å². The molecule has 2 aromatic carbocycles. The molecule has 2 aromatic rings. The highest BCUT2D eigenvalue weighted by molar-refractivity contribution is 5.74. The molecule has 0 aliphatic carbocycles. The summed E-state index contributed by atoms with van der Waals surface area (Å²) in [6.45, 7) is 0. The SMILES string of the molecule is C(/C=C/Nc1ccccc1)=N/c1ccccc1. The molecule has 0 radical (unpaired) electrons. The third kappa shape index (κ3) is 3.95. The van der Waals surface area contributed by atoms with Crippen molar-refractivity contribution >= 4 is 17.6 Å². The molecule has 0 atom stereocenters. The average molecular weight is 222 g/mol. The van der Waals surface area contributed by atoms with Crippen LogP contribution in [0, 0.1) is 0 Å². The molecular formula is C15H14N2. The van der Waals surface area contributed by atoms with E-state index in [-0.39, 0.29) is 0 Å². The number of nitrogens with one attached hydrogen (secondary N) is 1. The molecular weight excluding hydrogens is 208 g/mol. The van der Waals surface area contributed by atoms with Gasteiger partial charge in [-0.25, -0.2) is 0 Å². The van der Waals surface area contributed by atoms with Gasteiger partial charge in [-0.3, -0.25) is 4.99 Å². The summed E-state index contributed by atoms with van der Waals surface area (Å²) in [5.41, 5.74) is 2.02. The van der Waals surface area contributed by atoms with Gasteiger partial charge >= 0.3 is 0 Å². The Labute approximate surface area is 101 Å². The van der Waals surface area contributed by atoms with Gasteiger partial charge in [0.25, 0.3) is 0 Å². The van der Waals surface area contributed by atoms with Crippen molar-refractivity contribution in [1.29, 1.82) is 0 Å². The van der Waals surface area contributed by atoms with Crippen molar-refractivity contribution in [2.75, 3.05) is 5.32 Å². The summed E-state index contributed by atoms with van der Waals surface area (Å²) >= 11 is 0. The highest BCUT2D eigenvalue weighted by Crippen LogP contribution is 2.08. The number of hydrogen-bond donors (Lipinski definition) is 1. The van der Waals surface area contributed by atoms with Crippen molar-refractivity contribution in [2.24, 2.45) is 4.99 Å². The first-order chi connectivity index (χ1) is 8.45. The second kappa shape index (κ2) is 6.28. The van der Waals surface area contributed by atoms with Crippen LogP contribution in [0.5, 0.6) is 0 Å². The fourth-order valence-corrected chi connectivity index (χ4v) is 1.36. The fourth-order valence-electron chi connectivity index (χ4n) is 1.36. The number of anilines is 1. The smallest absolute Gasteiger partial charge is 0.0629 e. The molecule has 0 aromatic heterocycles. The minimum Gasteiger partial charge on any atom is -0.362 e. The van der Waals surface area contributed by atoms with Gasteiger partial charge in [-0.2, -0.15) is 0 Å². The van der Waals surface area contributed by atoms with Gasteiger partial charge in [0.2, 0.25) is 0 Å². The molecule has 2 rings (SSSR count). The van der Waals surface area contributed by atoms with Gasteiger partial charge in [0, 0.05) is 18.1 Å². The van der Waals surface area contributed by atoms with Gasteiger partial charge in [0.05, 0.1) is 5.69 Å². The van der Waals surface area contributed by atoms with Crippen molar-refractivity contribution in [3.8, 4) is 0 Å². The lowest BCUT2D eigenvalue weighted by atomic mass is 10.3. The topological polar surface area (TPSA) is 24.4 Å². The van der Waals surface area contributed by atoms with Crippen molar-refractivity contribution in [3.05, 3.63) is 72.9 Å². The molecule has 84 valence electrons. The molecule has 0 saturated carbocycles. The van der Waals surface area contributed by atoms with Crippen LogP contribution in [0.3, 0.4) is 0 Å². The largest absolute Gasteiger partial charge is 0.362 e. The van der Waals surface area contributed by atoms with Gasteiger partial charge < -0.3 is 5.32 Å². The monoisotopic (exact) mass is 222 g/mol. The number of para-hydroxylation sites is 2. The van der Waals surface area contributed by atoms with Gasteiger partial charge in [0.15, 0.2) is 0 Å². The number of rotatable bonds is 4. The van der Waals surface area contributed by atoms with Crippen molar-refractivity contribution in [2.45, 2.75) is 0 Å². The molecule has 0 aliphatic heterocycles. The summed E-state index contributed by atoms with van der Waals surface area (Å²) in [5.74, 6) is 0. The molecule has 17 heavy (non-hydrogen) atoms. The number of aliphatic imine (C=N–C) groups is 1. The van der Waals surface area contributed by atoms with E-state index in [9.17, 15) is 0 Å². The van der Waals surface area contributed by atoms with E-state index in [1.54, 1.807) is 6.21 Å². The molecule has 2 heteroatoms. The van der Waals surface area contributed by atoms with E-state index in [0.717, 1.165) is 11.4 Å². The van der Waals surface area contributed by atoms with E-state index in [1.165, 1.54) is 0 Å². The number of benzene rings is 2. The Kier molecular flexibility index (Phi) is 4.12. The van der Waals surface area contributed by atoms with Crippen molar-refractivity contribution in [1.82, 2.24) is 0 Å². The van der Waals surface area contributed by atoms with E-state index in [0.29, 0.717) is 0 Å². The highest BCUT2D eigenvalue weighted by atomic mass is 14.8. The lowest BCUT2D eigenvalue weighted by Gasteiger charge is -1.97. The van der Waals surface area contributed by atoms with Crippen LogP contribution in [0.2, 0.25) is 0 Å². The highest BCUT2D eigenvalue weighted by Gasteiger charge is 1.83. The van der Waals surface area contributed by atoms with Gasteiger partial charge in [-0.05, 0) is 30.3 Å². The van der Waals surface area contributed by atoms with Gasteiger partial charge in [0.1, 0.15) is 0 Å². The first kappa shape index (κ1) is 11.1. The van der Waals surface area contributed by atoms with Crippen LogP contribution in [-0.4, -0.2) is 6.21 Å². The Hall–Kier alpha value is -2.35. The van der Waals surface area contributed by atoms with Crippen LogP contribution in [0.15, 0.2) is 77.9 Å². The molecule has 0 bridgehead atoms. The molecule has 0 heterocycles. The Bertz CT molecular complexity index is 487. The van der Waals surface area contributed by atoms with E-state index >= 15 is 0 Å². The first-order valence-electron chi connectivity index (χ1n) is 5.51. The molecule has 0 aliphatic rings. The van der Waals surface area contributed by atoms with Crippen LogP contribution in [0.4, 0.5) is 11.4 Å². The minimum absolute atomic E-state index is 0.955. The maximum Gasteiger partial charge on any atom is 0.0629 e. The van der Waals surface area contributed by atoms with Crippen LogP contribution in [-0.2, 0) is 0 Å². The molecule has 0 saturated heterocycles. The third-order valence-corrected chi connectivity index (χ3v) is 2.19. The summed E-state index contributed by atoms with van der Waals surface area (Å²) in [4.78, 5) is 4.29. The zero-order valence-corrected chi connectivity index (χ0v) is 9.45. The van der Waals surface area contributed by atoms with E-state index in [2.05, 4.69) is 10.3 Å². The lowest BCUT2D eigenvalue weighted by Crippen LogP contribution is -1.85. The molecule has 0 unspecified atom stereocenters. The Balaban J connectivity index is 1.85. The van der Waals surface area contributed by atoms with E-state index in [4.69, 9.17) is 0 Å². The lowest BCUT2D eigenvalue weighted by molar-refractivity contribution is 1.54. The Morgan fingerprint density at radius 1 is 0.824 bits per heavy atom. The second-order valence-corrected chi connectivity index (χ2v) is 3.48. The number of nitrogens with zero attached hydrogens (tertiary/aromatic N) is 1. The normalized spacial score (nSPS) is 11.1. The fraction of sp³-hybridized carbons (Fsp3) is 0. The second-order valence-electron chi connectivity index (χ2n) is 3.48. The minimum atomic E-state index is 0.955. The summed E-state index contributed by atoms with van der Waals surface area (Å²) in [5, 5.41) is 3.16. The molecule has 2 nitrogen and oxygen atoms in total. The van der Waals surface area contributed by atoms with Crippen molar-refractivity contribution in [3.63, 3.8) is 0 Å². The zero-order valence-electron chi connectivity index (χ0n) is 9.45. The summed E-state index contributed by atoms with van der Waals surface area (Å²) < 4.78 is 0. The van der Waals surface area contributed by atoms with E-state index < -0.39 is 0 Å². The van der Waals surface area contributed by atoms with Gasteiger partial charge in [-0.15, -0.1) is 0 Å². The van der Waals surface area contributed by atoms with Gasteiger partial charge in [-0.1, -0.05) is 36.4 Å². The van der Waals surface area contributed by atoms with Crippen LogP contribution in [0.25, 0.3) is 0 Å². The summed E-state index contributed by atoms with van der Waals surface area (Å²) in [6, 6.07) is 19.9. The van der Waals surface area contributed by atoms with Crippen LogP contribution < -0.4 is 5.32 Å². The molecule has 0 fully saturated rings. The van der Waals surface area contributed by atoms with Crippen molar-refractivity contribution < 1.29 is 0 Å². The zero-order chi connectivity index (χ0) is 11.8. The number of allylic oxidation sites excluding steroid dienone is 1. The maximum absolute atomic E-state index is 4.29. The first-order valence-corrected chi connectivity index (χ1v) is 5.51. The molecule has 1 N–H and O–H groups in total. The quantitative estimate of drug-likeness (QED) is 0.776. The average Bonchev–Trinajstić information content (AvgIpc) is 2.41. The standard InChI is InChI=1S/C15H14N2/c1-3-8-14(9-4-1)16-12-7-13-17-15-10-5-2-6-11-15/h1-13,16H/b12-7+,17-13-. The number of hydrogen-bond acceptors (Lipinski definition) is 2. The third-order valence-electron chi connectivity index (χ3n) is 2.19. The molecule has 0 spiro atoms. The predicted octanol–water partition coefficient (Wildman–Crippen LogP) is 4.01. The van der Waals surface area contributed by atoms with Crippen LogP contribution >= 0.6 is 0 Å². The summed E-state index contributed by atoms with van der Waals surface area (Å²) in [6.07, 6.45) is 5.51. The maximum atomic E-state index is 4.29. The molecule has 0 amide bonds. The Morgan fingerprint density at radius 2 is 1.47 bits per heavy atom. The van der Waals surface area contributed by atoms with Crippen LogP contribution in [0.1, 0.15) is 0 Å². The predicted molar refractivity (Wildman–Crippen MR) is 73.8 cm³/mol.